The Morgan fingerprint density at radius 3 is 2.41 bits per heavy atom. The summed E-state index contributed by atoms with van der Waals surface area (Å²) in [7, 11) is -3.54. The molecule has 0 saturated carbocycles. The van der Waals surface area contributed by atoms with E-state index < -0.39 is 10.0 Å². The second-order valence-corrected chi connectivity index (χ2v) is 8.87. The molecule has 1 aromatic heterocycles. The fraction of sp³-hybridized carbons (Fsp3) is 0.214. The molecule has 2 rings (SSSR count). The molecule has 1 aromatic carbocycles. The van der Waals surface area contributed by atoms with E-state index in [-0.39, 0.29) is 10.8 Å². The van der Waals surface area contributed by atoms with Crippen molar-refractivity contribution < 1.29 is 13.2 Å². The van der Waals surface area contributed by atoms with E-state index in [0.717, 1.165) is 8.66 Å². The molecule has 0 saturated heterocycles. The second-order valence-electron chi connectivity index (χ2n) is 4.56. The molecule has 0 unspecified atom stereocenters. The summed E-state index contributed by atoms with van der Waals surface area (Å²) in [5.41, 5.74) is 0.565. The first-order chi connectivity index (χ1) is 10.4. The van der Waals surface area contributed by atoms with E-state index in [0.29, 0.717) is 18.7 Å². The Kier molecular flexibility index (Phi) is 5.74. The number of amides is 1. The Bertz CT molecular complexity index is 755. The third-order valence-corrected chi connectivity index (χ3v) is 5.94. The van der Waals surface area contributed by atoms with Gasteiger partial charge in [-0.25, -0.2) is 13.1 Å². The van der Waals surface area contributed by atoms with Gasteiger partial charge in [-0.1, -0.05) is 0 Å². The molecule has 0 atom stereocenters. The second kappa shape index (κ2) is 7.36. The number of hydrogen-bond donors (Lipinski definition) is 2. The monoisotopic (exact) mass is 402 g/mol. The standard InChI is InChI=1S/C14H15BrN2O3S2/c1-10(18)17-11-2-5-13(6-3-11)22(19,20)16-9-8-12-4-7-14(15)21-12/h2-7,16H,8-9H2,1H3,(H,17,18). The van der Waals surface area contributed by atoms with Gasteiger partial charge in [0.2, 0.25) is 15.9 Å². The van der Waals surface area contributed by atoms with E-state index in [4.69, 9.17) is 0 Å². The van der Waals surface area contributed by atoms with E-state index in [1.165, 1.54) is 19.1 Å². The van der Waals surface area contributed by atoms with Gasteiger partial charge in [0.15, 0.2) is 0 Å². The highest BCUT2D eigenvalue weighted by Gasteiger charge is 2.13. The Balaban J connectivity index is 1.96. The fourth-order valence-corrected chi connectivity index (χ4v) is 4.31. The largest absolute Gasteiger partial charge is 0.326 e. The highest BCUT2D eigenvalue weighted by Crippen LogP contribution is 2.22. The van der Waals surface area contributed by atoms with Crippen molar-refractivity contribution in [3.8, 4) is 0 Å². The molecule has 8 heteroatoms. The minimum absolute atomic E-state index is 0.175. The minimum Gasteiger partial charge on any atom is -0.326 e. The van der Waals surface area contributed by atoms with Crippen LogP contribution in [0.1, 0.15) is 11.8 Å². The van der Waals surface area contributed by atoms with Gasteiger partial charge < -0.3 is 5.32 Å². The molecule has 1 heterocycles. The Hall–Kier alpha value is -1.22. The molecule has 0 aliphatic rings. The van der Waals surface area contributed by atoms with Crippen molar-refractivity contribution >= 4 is 48.9 Å². The summed E-state index contributed by atoms with van der Waals surface area (Å²) in [6, 6.07) is 9.96. The van der Waals surface area contributed by atoms with Crippen molar-refractivity contribution in [2.75, 3.05) is 11.9 Å². The zero-order valence-electron chi connectivity index (χ0n) is 11.8. The molecule has 0 bridgehead atoms. The van der Waals surface area contributed by atoms with Gasteiger partial charge in [0.25, 0.3) is 0 Å². The van der Waals surface area contributed by atoms with Crippen molar-refractivity contribution in [2.24, 2.45) is 0 Å². The van der Waals surface area contributed by atoms with Crippen molar-refractivity contribution in [1.29, 1.82) is 0 Å². The topological polar surface area (TPSA) is 75.3 Å². The van der Waals surface area contributed by atoms with Gasteiger partial charge in [-0.15, -0.1) is 11.3 Å². The van der Waals surface area contributed by atoms with E-state index in [1.54, 1.807) is 23.5 Å². The molecule has 118 valence electrons. The first-order valence-electron chi connectivity index (χ1n) is 6.48. The maximum absolute atomic E-state index is 12.2. The van der Waals surface area contributed by atoms with E-state index >= 15 is 0 Å². The van der Waals surface area contributed by atoms with Crippen LogP contribution in [-0.2, 0) is 21.2 Å². The number of hydrogen-bond acceptors (Lipinski definition) is 4. The number of nitrogens with one attached hydrogen (secondary N) is 2. The predicted molar refractivity (Wildman–Crippen MR) is 91.7 cm³/mol. The lowest BCUT2D eigenvalue weighted by Gasteiger charge is -2.07. The van der Waals surface area contributed by atoms with Gasteiger partial charge in [-0.2, -0.15) is 0 Å². The van der Waals surface area contributed by atoms with Crippen molar-refractivity contribution in [2.45, 2.75) is 18.2 Å². The van der Waals surface area contributed by atoms with E-state index in [1.807, 2.05) is 12.1 Å². The molecular formula is C14H15BrN2O3S2. The summed E-state index contributed by atoms with van der Waals surface area (Å²) in [6.07, 6.45) is 0.638. The lowest BCUT2D eigenvalue weighted by atomic mass is 10.3. The molecule has 2 N–H and O–H groups in total. The highest BCUT2D eigenvalue weighted by atomic mass is 79.9. The Morgan fingerprint density at radius 2 is 1.86 bits per heavy atom. The van der Waals surface area contributed by atoms with E-state index in [9.17, 15) is 13.2 Å². The summed E-state index contributed by atoms with van der Waals surface area (Å²) in [5, 5.41) is 2.59. The minimum atomic E-state index is -3.54. The first-order valence-corrected chi connectivity index (χ1v) is 9.57. The Morgan fingerprint density at radius 1 is 1.18 bits per heavy atom. The SMILES string of the molecule is CC(=O)Nc1ccc(S(=O)(=O)NCCc2ccc(Br)s2)cc1. The van der Waals surface area contributed by atoms with Crippen LogP contribution in [0, 0.1) is 0 Å². The van der Waals surface area contributed by atoms with Gasteiger partial charge in [-0.05, 0) is 58.7 Å². The number of thiophene rings is 1. The molecule has 0 fully saturated rings. The maximum atomic E-state index is 12.2. The molecule has 0 radical (unpaired) electrons. The summed E-state index contributed by atoms with van der Waals surface area (Å²) in [4.78, 5) is 12.2. The summed E-state index contributed by atoms with van der Waals surface area (Å²) in [5.74, 6) is -0.198. The van der Waals surface area contributed by atoms with Crippen LogP contribution in [0.15, 0.2) is 45.1 Å². The molecule has 0 aliphatic heterocycles. The quantitative estimate of drug-likeness (QED) is 0.779. The predicted octanol–water partition coefficient (Wildman–Crippen LogP) is 2.99. The van der Waals surface area contributed by atoms with Gasteiger partial charge >= 0.3 is 0 Å². The number of halogens is 1. The van der Waals surface area contributed by atoms with Crippen LogP contribution in [-0.4, -0.2) is 20.9 Å². The average Bonchev–Trinajstić information content (AvgIpc) is 2.84. The summed E-state index contributed by atoms with van der Waals surface area (Å²) < 4.78 is 27.9. The summed E-state index contributed by atoms with van der Waals surface area (Å²) >= 11 is 4.96. The number of benzene rings is 1. The molecule has 5 nitrogen and oxygen atoms in total. The first kappa shape index (κ1) is 17.1. The van der Waals surface area contributed by atoms with Gasteiger partial charge in [0, 0.05) is 24.0 Å². The van der Waals surface area contributed by atoms with Crippen LogP contribution in [0.2, 0.25) is 0 Å². The number of carbonyl (C=O) groups excluding carboxylic acids is 1. The number of sulfonamides is 1. The van der Waals surface area contributed by atoms with Crippen molar-refractivity contribution in [1.82, 2.24) is 4.72 Å². The molecule has 0 spiro atoms. The molecule has 2 aromatic rings. The molecule has 22 heavy (non-hydrogen) atoms. The smallest absolute Gasteiger partial charge is 0.240 e. The molecular weight excluding hydrogens is 388 g/mol. The number of carbonyl (C=O) groups is 1. The lowest BCUT2D eigenvalue weighted by molar-refractivity contribution is -0.114. The Labute approximate surface area is 141 Å². The van der Waals surface area contributed by atoms with Crippen LogP contribution < -0.4 is 10.0 Å². The number of anilines is 1. The van der Waals surface area contributed by atoms with Crippen LogP contribution in [0.4, 0.5) is 5.69 Å². The zero-order valence-corrected chi connectivity index (χ0v) is 15.0. The third kappa shape index (κ3) is 4.91. The van der Waals surface area contributed by atoms with Crippen molar-refractivity contribution in [3.05, 3.63) is 45.1 Å². The van der Waals surface area contributed by atoms with Crippen LogP contribution >= 0.6 is 27.3 Å². The third-order valence-electron chi connectivity index (χ3n) is 2.78. The van der Waals surface area contributed by atoms with Gasteiger partial charge in [0.05, 0.1) is 8.68 Å². The highest BCUT2D eigenvalue weighted by molar-refractivity contribution is 9.11. The summed E-state index contributed by atoms with van der Waals surface area (Å²) in [6.45, 7) is 1.73. The average molecular weight is 403 g/mol. The normalized spacial score (nSPS) is 11.4. The molecule has 1 amide bonds. The van der Waals surface area contributed by atoms with Crippen LogP contribution in [0.5, 0.6) is 0 Å². The van der Waals surface area contributed by atoms with Gasteiger partial charge in [0.1, 0.15) is 0 Å². The van der Waals surface area contributed by atoms with E-state index in [2.05, 4.69) is 26.0 Å². The van der Waals surface area contributed by atoms with Crippen molar-refractivity contribution in [3.63, 3.8) is 0 Å². The van der Waals surface area contributed by atoms with Gasteiger partial charge in [-0.3, -0.25) is 4.79 Å². The van der Waals surface area contributed by atoms with Crippen LogP contribution in [0.25, 0.3) is 0 Å². The molecule has 0 aliphatic carbocycles. The fourth-order valence-electron chi connectivity index (χ4n) is 1.80. The number of rotatable bonds is 6. The maximum Gasteiger partial charge on any atom is 0.240 e. The zero-order chi connectivity index (χ0) is 16.2. The van der Waals surface area contributed by atoms with Crippen LogP contribution in [0.3, 0.4) is 0 Å². The lowest BCUT2D eigenvalue weighted by Crippen LogP contribution is -2.25.